The number of hydrogen-bond donors (Lipinski definition) is 0. The maximum atomic E-state index is 12.2. The van der Waals surface area contributed by atoms with Crippen LogP contribution in [0.3, 0.4) is 0 Å². The molecule has 0 aromatic heterocycles. The fraction of sp³-hybridized carbons (Fsp3) is 0.417. The number of rotatable bonds is 4. The molecule has 1 aromatic carbocycles. The van der Waals surface area contributed by atoms with Gasteiger partial charge >= 0.3 is 0 Å². The van der Waals surface area contributed by atoms with Crippen LogP contribution in [0, 0.1) is 10.1 Å². The number of nitrogens with zero attached hydrogens (tertiary/aromatic N) is 2. The van der Waals surface area contributed by atoms with Crippen LogP contribution in [0.2, 0.25) is 0 Å². The summed E-state index contributed by atoms with van der Waals surface area (Å²) >= 11 is 0. The van der Waals surface area contributed by atoms with Gasteiger partial charge in [-0.05, 0) is 5.56 Å². The molecule has 0 amide bonds. The fourth-order valence-corrected chi connectivity index (χ4v) is 3.60. The summed E-state index contributed by atoms with van der Waals surface area (Å²) in [5.74, 6) is -0.227. The second kappa shape index (κ2) is 5.68. The highest BCUT2D eigenvalue weighted by atomic mass is 32.2. The summed E-state index contributed by atoms with van der Waals surface area (Å²) in [6.07, 6.45) is 0.461. The van der Waals surface area contributed by atoms with Gasteiger partial charge in [-0.25, -0.2) is 12.7 Å². The molecule has 108 valence electrons. The van der Waals surface area contributed by atoms with E-state index < -0.39 is 14.9 Å². The molecule has 0 atom stereocenters. The number of carbonyl (C=O) groups is 1. The standard InChI is InChI=1S/C12H14N2O5S/c15-12-4-6-13(7-5-12)20(18,19)9-10-2-1-3-11(8-10)14(16)17/h1-3,8H,4-7,9H2. The lowest BCUT2D eigenvalue weighted by Crippen LogP contribution is -2.39. The lowest BCUT2D eigenvalue weighted by atomic mass is 10.1. The van der Waals surface area contributed by atoms with Gasteiger partial charge < -0.3 is 0 Å². The predicted molar refractivity (Wildman–Crippen MR) is 71.5 cm³/mol. The summed E-state index contributed by atoms with van der Waals surface area (Å²) in [6, 6.07) is 5.57. The molecule has 1 aliphatic heterocycles. The minimum absolute atomic E-state index is 0.0619. The minimum Gasteiger partial charge on any atom is -0.300 e. The van der Waals surface area contributed by atoms with Crippen LogP contribution < -0.4 is 0 Å². The van der Waals surface area contributed by atoms with Gasteiger partial charge in [-0.1, -0.05) is 12.1 Å². The van der Waals surface area contributed by atoms with Crippen molar-refractivity contribution in [2.45, 2.75) is 18.6 Å². The summed E-state index contributed by atoms with van der Waals surface area (Å²) in [6.45, 7) is 0.381. The second-order valence-electron chi connectivity index (χ2n) is 4.62. The van der Waals surface area contributed by atoms with Crippen molar-refractivity contribution in [1.82, 2.24) is 4.31 Å². The van der Waals surface area contributed by atoms with Crippen LogP contribution in [0.5, 0.6) is 0 Å². The van der Waals surface area contributed by atoms with Crippen LogP contribution in [0.1, 0.15) is 18.4 Å². The molecule has 7 nitrogen and oxygen atoms in total. The molecule has 8 heteroatoms. The van der Waals surface area contributed by atoms with Gasteiger partial charge in [0.2, 0.25) is 10.0 Å². The van der Waals surface area contributed by atoms with Crippen molar-refractivity contribution in [2.75, 3.05) is 13.1 Å². The summed E-state index contributed by atoms with van der Waals surface area (Å²) in [5.41, 5.74) is 0.239. The highest BCUT2D eigenvalue weighted by Crippen LogP contribution is 2.19. The van der Waals surface area contributed by atoms with Crippen LogP contribution in [0.4, 0.5) is 5.69 Å². The van der Waals surface area contributed by atoms with E-state index in [0.29, 0.717) is 5.56 Å². The molecule has 0 radical (unpaired) electrons. The highest BCUT2D eigenvalue weighted by molar-refractivity contribution is 7.88. The first kappa shape index (κ1) is 14.6. The SMILES string of the molecule is O=C1CCN(S(=O)(=O)Cc2cccc([N+](=O)[O-])c2)CC1. The molecule has 0 unspecified atom stereocenters. The molecule has 0 N–H and O–H groups in total. The third kappa shape index (κ3) is 3.40. The van der Waals surface area contributed by atoms with Crippen molar-refractivity contribution >= 4 is 21.5 Å². The maximum Gasteiger partial charge on any atom is 0.269 e. The number of nitro groups is 1. The van der Waals surface area contributed by atoms with Gasteiger partial charge in [-0.15, -0.1) is 0 Å². The minimum atomic E-state index is -3.54. The number of nitro benzene ring substituents is 1. The third-order valence-corrected chi connectivity index (χ3v) is 4.99. The number of carbonyl (C=O) groups excluding carboxylic acids is 1. The molecule has 1 aromatic rings. The zero-order valence-electron chi connectivity index (χ0n) is 10.7. The Morgan fingerprint density at radius 3 is 2.50 bits per heavy atom. The van der Waals surface area contributed by atoms with E-state index in [9.17, 15) is 23.3 Å². The Balaban J connectivity index is 2.14. The van der Waals surface area contributed by atoms with E-state index in [-0.39, 0.29) is 43.2 Å². The molecule has 1 heterocycles. The average molecular weight is 298 g/mol. The van der Waals surface area contributed by atoms with Crippen molar-refractivity contribution in [3.63, 3.8) is 0 Å². The Morgan fingerprint density at radius 2 is 1.90 bits per heavy atom. The average Bonchev–Trinajstić information content (AvgIpc) is 2.39. The highest BCUT2D eigenvalue weighted by Gasteiger charge is 2.27. The van der Waals surface area contributed by atoms with Crippen molar-refractivity contribution in [3.05, 3.63) is 39.9 Å². The smallest absolute Gasteiger partial charge is 0.269 e. The van der Waals surface area contributed by atoms with Crippen molar-refractivity contribution in [3.8, 4) is 0 Å². The lowest BCUT2D eigenvalue weighted by molar-refractivity contribution is -0.384. The molecule has 1 saturated heterocycles. The zero-order valence-corrected chi connectivity index (χ0v) is 11.5. The molecule has 0 bridgehead atoms. The van der Waals surface area contributed by atoms with E-state index in [4.69, 9.17) is 0 Å². The van der Waals surface area contributed by atoms with Crippen molar-refractivity contribution < 1.29 is 18.1 Å². The number of non-ortho nitro benzene ring substituents is 1. The fourth-order valence-electron chi connectivity index (χ4n) is 2.08. The van der Waals surface area contributed by atoms with Gasteiger partial charge in [-0.2, -0.15) is 0 Å². The molecule has 0 saturated carbocycles. The van der Waals surface area contributed by atoms with E-state index in [1.54, 1.807) is 6.07 Å². The largest absolute Gasteiger partial charge is 0.300 e. The van der Waals surface area contributed by atoms with Crippen molar-refractivity contribution in [2.24, 2.45) is 0 Å². The van der Waals surface area contributed by atoms with E-state index in [1.165, 1.54) is 22.5 Å². The zero-order chi connectivity index (χ0) is 14.8. The Bertz CT molecular complexity index is 631. The van der Waals surface area contributed by atoms with Gasteiger partial charge in [-0.3, -0.25) is 14.9 Å². The van der Waals surface area contributed by atoms with Gasteiger partial charge in [0.25, 0.3) is 5.69 Å². The second-order valence-corrected chi connectivity index (χ2v) is 6.59. The topological polar surface area (TPSA) is 97.6 Å². The number of piperidine rings is 1. The van der Waals surface area contributed by atoms with Crippen LogP contribution >= 0.6 is 0 Å². The Morgan fingerprint density at radius 1 is 1.25 bits per heavy atom. The lowest BCUT2D eigenvalue weighted by Gasteiger charge is -2.25. The van der Waals surface area contributed by atoms with E-state index >= 15 is 0 Å². The molecule has 1 fully saturated rings. The quantitative estimate of drug-likeness (QED) is 0.612. The molecule has 2 rings (SSSR count). The molecular formula is C12H14N2O5S. The Kier molecular flexibility index (Phi) is 4.15. The number of Topliss-reactive ketones (excluding diaryl/α,β-unsaturated/α-hetero) is 1. The van der Waals surface area contributed by atoms with Gasteiger partial charge in [0.15, 0.2) is 0 Å². The number of sulfonamides is 1. The normalized spacial score (nSPS) is 17.1. The monoisotopic (exact) mass is 298 g/mol. The molecule has 20 heavy (non-hydrogen) atoms. The molecule has 0 aliphatic carbocycles. The van der Waals surface area contributed by atoms with E-state index in [0.717, 1.165) is 0 Å². The van der Waals surface area contributed by atoms with Gasteiger partial charge in [0.1, 0.15) is 5.78 Å². The molecule has 1 aliphatic rings. The molecular weight excluding hydrogens is 284 g/mol. The van der Waals surface area contributed by atoms with Crippen LogP contribution in [-0.4, -0.2) is 36.5 Å². The maximum absolute atomic E-state index is 12.2. The molecule has 0 spiro atoms. The first-order chi connectivity index (χ1) is 9.38. The number of hydrogen-bond acceptors (Lipinski definition) is 5. The van der Waals surface area contributed by atoms with Gasteiger partial charge in [0.05, 0.1) is 10.7 Å². The Labute approximate surface area is 116 Å². The van der Waals surface area contributed by atoms with Crippen LogP contribution in [0.15, 0.2) is 24.3 Å². The first-order valence-corrected chi connectivity index (χ1v) is 7.72. The predicted octanol–water partition coefficient (Wildman–Crippen LogP) is 1.09. The number of benzene rings is 1. The summed E-state index contributed by atoms with van der Waals surface area (Å²) in [5, 5.41) is 10.7. The van der Waals surface area contributed by atoms with E-state index in [2.05, 4.69) is 0 Å². The number of ketones is 1. The van der Waals surface area contributed by atoms with Crippen LogP contribution in [0.25, 0.3) is 0 Å². The van der Waals surface area contributed by atoms with E-state index in [1.807, 2.05) is 0 Å². The summed E-state index contributed by atoms with van der Waals surface area (Å²) < 4.78 is 25.6. The van der Waals surface area contributed by atoms with Crippen molar-refractivity contribution in [1.29, 1.82) is 0 Å². The summed E-state index contributed by atoms with van der Waals surface area (Å²) in [4.78, 5) is 21.2. The third-order valence-electron chi connectivity index (χ3n) is 3.14. The summed E-state index contributed by atoms with van der Waals surface area (Å²) in [7, 11) is -3.54. The van der Waals surface area contributed by atoms with Crippen LogP contribution in [-0.2, 0) is 20.6 Å². The Hall–Kier alpha value is -1.80. The van der Waals surface area contributed by atoms with Gasteiger partial charge in [0, 0.05) is 38.1 Å². The first-order valence-electron chi connectivity index (χ1n) is 6.11.